The van der Waals surface area contributed by atoms with E-state index >= 15 is 0 Å². The second-order valence-electron chi connectivity index (χ2n) is 6.12. The van der Waals surface area contributed by atoms with Gasteiger partial charge in [0.05, 0.1) is 6.17 Å². The van der Waals surface area contributed by atoms with Crippen LogP contribution in [0.15, 0.2) is 30.6 Å². The molecule has 0 aliphatic rings. The smallest absolute Gasteiger partial charge is 0.123 e. The molecule has 116 valence electrons. The molecule has 1 unspecified atom stereocenters. The molecule has 0 bridgehead atoms. The Balaban J connectivity index is 3.39. The number of hydrogen-bond donors (Lipinski definition) is 1. The molecule has 0 radical (unpaired) electrons. The summed E-state index contributed by atoms with van der Waals surface area (Å²) in [6, 6.07) is 3.28. The fourth-order valence-electron chi connectivity index (χ4n) is 2.50. The average molecular weight is 290 g/mol. The predicted octanol–water partition coefficient (Wildman–Crippen LogP) is 4.48. The van der Waals surface area contributed by atoms with Crippen molar-refractivity contribution in [2.24, 2.45) is 5.73 Å². The van der Waals surface area contributed by atoms with Gasteiger partial charge < -0.3 is 10.6 Å². The molecule has 2 N–H and O–H groups in total. The van der Waals surface area contributed by atoms with Crippen molar-refractivity contribution >= 4 is 0 Å². The Morgan fingerprint density at radius 3 is 2.00 bits per heavy atom. The van der Waals surface area contributed by atoms with E-state index < -0.39 is 0 Å². The highest BCUT2D eigenvalue weighted by atomic mass is 19.1. The molecule has 0 heterocycles. The fraction of sp³-hybridized carbons (Fsp3) is 0.500. The Bertz CT molecular complexity index is 497. The zero-order valence-corrected chi connectivity index (χ0v) is 13.8. The highest BCUT2D eigenvalue weighted by Crippen LogP contribution is 2.30. The van der Waals surface area contributed by atoms with Crippen LogP contribution in [0.5, 0.6) is 0 Å². The molecule has 0 aliphatic heterocycles. The summed E-state index contributed by atoms with van der Waals surface area (Å²) in [5.41, 5.74) is 12.0. The Labute approximate surface area is 128 Å². The van der Waals surface area contributed by atoms with Crippen molar-refractivity contribution in [1.82, 2.24) is 4.90 Å². The molecule has 3 heteroatoms. The first kappa shape index (κ1) is 17.5. The van der Waals surface area contributed by atoms with Crippen LogP contribution in [0.25, 0.3) is 0 Å². The van der Waals surface area contributed by atoms with Gasteiger partial charge in [0.1, 0.15) is 5.82 Å². The van der Waals surface area contributed by atoms with Gasteiger partial charge in [-0.25, -0.2) is 4.39 Å². The molecule has 1 atom stereocenters. The van der Waals surface area contributed by atoms with Gasteiger partial charge in [-0.1, -0.05) is 34.3 Å². The number of benzene rings is 1. The second-order valence-corrected chi connectivity index (χ2v) is 6.12. The lowest BCUT2D eigenvalue weighted by molar-refractivity contribution is 0.290. The SMILES string of the molecule is C=C=CN(Cc1c(C(C)C)cc(F)cc1C(C)C)C(C)N. The lowest BCUT2D eigenvalue weighted by Crippen LogP contribution is -2.35. The molecule has 0 aliphatic carbocycles. The van der Waals surface area contributed by atoms with Crippen LogP contribution < -0.4 is 5.73 Å². The summed E-state index contributed by atoms with van der Waals surface area (Å²) in [5.74, 6) is 0.351. The van der Waals surface area contributed by atoms with Gasteiger partial charge in [-0.15, -0.1) is 5.73 Å². The molecule has 2 nitrogen and oxygen atoms in total. The van der Waals surface area contributed by atoms with E-state index in [9.17, 15) is 4.39 Å². The molecule has 0 saturated heterocycles. The predicted molar refractivity (Wildman–Crippen MR) is 87.5 cm³/mol. The summed E-state index contributed by atoms with van der Waals surface area (Å²) >= 11 is 0. The Morgan fingerprint density at radius 2 is 1.67 bits per heavy atom. The lowest BCUT2D eigenvalue weighted by Gasteiger charge is -2.28. The van der Waals surface area contributed by atoms with E-state index in [1.54, 1.807) is 18.3 Å². The van der Waals surface area contributed by atoms with Crippen molar-refractivity contribution in [3.8, 4) is 0 Å². The molecular weight excluding hydrogens is 263 g/mol. The van der Waals surface area contributed by atoms with E-state index in [1.165, 1.54) is 0 Å². The molecule has 0 aromatic heterocycles. The highest BCUT2D eigenvalue weighted by molar-refractivity contribution is 5.39. The number of nitrogens with two attached hydrogens (primary N) is 1. The maximum Gasteiger partial charge on any atom is 0.123 e. The molecule has 21 heavy (non-hydrogen) atoms. The molecule has 0 spiro atoms. The summed E-state index contributed by atoms with van der Waals surface area (Å²) in [6.07, 6.45) is 1.62. The molecule has 1 rings (SSSR count). The first-order valence-electron chi connectivity index (χ1n) is 7.47. The number of hydrogen-bond acceptors (Lipinski definition) is 2. The topological polar surface area (TPSA) is 29.3 Å². The van der Waals surface area contributed by atoms with Gasteiger partial charge in [-0.3, -0.25) is 0 Å². The van der Waals surface area contributed by atoms with Crippen molar-refractivity contribution in [2.45, 2.75) is 59.2 Å². The normalized spacial score (nSPS) is 12.4. The summed E-state index contributed by atoms with van der Waals surface area (Å²) in [5, 5.41) is 0. The van der Waals surface area contributed by atoms with Gasteiger partial charge >= 0.3 is 0 Å². The average Bonchev–Trinajstić information content (AvgIpc) is 2.38. The van der Waals surface area contributed by atoms with Crippen LogP contribution in [0.4, 0.5) is 4.39 Å². The Kier molecular flexibility index (Phi) is 6.19. The molecule has 0 amide bonds. The van der Waals surface area contributed by atoms with Crippen LogP contribution in [0.1, 0.15) is 63.1 Å². The largest absolute Gasteiger partial charge is 0.352 e. The van der Waals surface area contributed by atoms with Gasteiger partial charge in [0.25, 0.3) is 0 Å². The van der Waals surface area contributed by atoms with E-state index in [1.807, 2.05) is 11.8 Å². The minimum Gasteiger partial charge on any atom is -0.352 e. The summed E-state index contributed by atoms with van der Waals surface area (Å²) < 4.78 is 13.9. The van der Waals surface area contributed by atoms with Crippen LogP contribution >= 0.6 is 0 Å². The molecule has 1 aromatic carbocycles. The van der Waals surface area contributed by atoms with Crippen molar-refractivity contribution in [2.75, 3.05) is 0 Å². The van der Waals surface area contributed by atoms with Crippen LogP contribution in [-0.4, -0.2) is 11.1 Å². The fourth-order valence-corrected chi connectivity index (χ4v) is 2.50. The van der Waals surface area contributed by atoms with Gasteiger partial charge in [0.15, 0.2) is 0 Å². The van der Waals surface area contributed by atoms with E-state index in [-0.39, 0.29) is 23.8 Å². The third kappa shape index (κ3) is 4.45. The second kappa shape index (κ2) is 7.44. The van der Waals surface area contributed by atoms with Gasteiger partial charge in [0.2, 0.25) is 0 Å². The van der Waals surface area contributed by atoms with E-state index in [2.05, 4.69) is 40.0 Å². The molecular formula is C18H27FN2. The van der Waals surface area contributed by atoms with Gasteiger partial charge in [0, 0.05) is 12.7 Å². The van der Waals surface area contributed by atoms with Crippen molar-refractivity contribution < 1.29 is 4.39 Å². The third-order valence-electron chi connectivity index (χ3n) is 3.65. The van der Waals surface area contributed by atoms with E-state index in [0.717, 1.165) is 16.7 Å². The lowest BCUT2D eigenvalue weighted by atomic mass is 9.88. The zero-order valence-electron chi connectivity index (χ0n) is 13.8. The summed E-state index contributed by atoms with van der Waals surface area (Å²) in [4.78, 5) is 1.97. The van der Waals surface area contributed by atoms with E-state index in [4.69, 9.17) is 5.73 Å². The van der Waals surface area contributed by atoms with Crippen molar-refractivity contribution in [3.63, 3.8) is 0 Å². The van der Waals surface area contributed by atoms with Gasteiger partial charge in [-0.05, 0) is 47.6 Å². The van der Waals surface area contributed by atoms with Crippen molar-refractivity contribution in [1.29, 1.82) is 0 Å². The minimum absolute atomic E-state index is 0.149. The Hall–Kier alpha value is -1.57. The Morgan fingerprint density at radius 1 is 1.19 bits per heavy atom. The first-order valence-corrected chi connectivity index (χ1v) is 7.47. The van der Waals surface area contributed by atoms with Crippen LogP contribution in [0, 0.1) is 5.82 Å². The standard InChI is InChI=1S/C18H27FN2/c1-7-8-21(14(6)20)11-18-16(12(2)3)9-15(19)10-17(18)13(4)5/h8-10,12-14H,1,11,20H2,2-6H3. The highest BCUT2D eigenvalue weighted by Gasteiger charge is 2.18. The molecule has 1 aromatic rings. The van der Waals surface area contributed by atoms with Crippen molar-refractivity contribution in [3.05, 3.63) is 53.2 Å². The molecule has 0 saturated carbocycles. The third-order valence-corrected chi connectivity index (χ3v) is 3.65. The van der Waals surface area contributed by atoms with Crippen LogP contribution in [0.3, 0.4) is 0 Å². The quantitative estimate of drug-likeness (QED) is 0.618. The van der Waals surface area contributed by atoms with Crippen LogP contribution in [0.2, 0.25) is 0 Å². The van der Waals surface area contributed by atoms with Gasteiger partial charge in [-0.2, -0.15) is 0 Å². The number of halogens is 1. The summed E-state index contributed by atoms with van der Waals surface area (Å²) in [7, 11) is 0. The van der Waals surface area contributed by atoms with E-state index in [0.29, 0.717) is 6.54 Å². The summed E-state index contributed by atoms with van der Waals surface area (Å²) in [6.45, 7) is 14.5. The first-order chi connectivity index (χ1) is 9.77. The number of rotatable bonds is 6. The van der Waals surface area contributed by atoms with Crippen LogP contribution in [-0.2, 0) is 6.54 Å². The maximum absolute atomic E-state index is 13.9. The monoisotopic (exact) mass is 290 g/mol. The minimum atomic E-state index is -0.169. The zero-order chi connectivity index (χ0) is 16.2. The molecule has 0 fully saturated rings. The maximum atomic E-state index is 13.9. The number of nitrogens with zero attached hydrogens (tertiary/aromatic N) is 1.